The number of carbonyl (C=O) groups is 1. The van der Waals surface area contributed by atoms with Crippen molar-refractivity contribution in [2.45, 2.75) is 13.0 Å². The van der Waals surface area contributed by atoms with Gasteiger partial charge in [-0.2, -0.15) is 0 Å². The summed E-state index contributed by atoms with van der Waals surface area (Å²) in [4.78, 5) is 27.8. The fraction of sp³-hybridized carbons (Fsp3) is 0.318. The fourth-order valence-corrected chi connectivity index (χ4v) is 2.85. The van der Waals surface area contributed by atoms with Gasteiger partial charge in [0.1, 0.15) is 18.1 Å². The van der Waals surface area contributed by atoms with E-state index in [2.05, 4.69) is 20.3 Å². The quantitative estimate of drug-likeness (QED) is 0.441. The van der Waals surface area contributed by atoms with E-state index in [0.717, 1.165) is 29.3 Å². The Morgan fingerprint density at radius 3 is 2.67 bits per heavy atom. The molecule has 0 aliphatic carbocycles. The number of imidazole rings is 1. The monoisotopic (exact) mass is 408 g/mol. The first kappa shape index (κ1) is 21.2. The van der Waals surface area contributed by atoms with Crippen LogP contribution in [-0.2, 0) is 17.8 Å². The summed E-state index contributed by atoms with van der Waals surface area (Å²) in [7, 11) is 5.36. The Balaban J connectivity index is 1.65. The molecule has 0 unspecified atom stereocenters. The summed E-state index contributed by atoms with van der Waals surface area (Å²) in [6.07, 6.45) is 4.21. The number of hydrogen-bond donors (Lipinski definition) is 2. The molecule has 3 aromatic rings. The van der Waals surface area contributed by atoms with Crippen molar-refractivity contribution in [2.75, 3.05) is 34.2 Å². The van der Waals surface area contributed by atoms with Crippen molar-refractivity contribution in [2.24, 2.45) is 4.99 Å². The first-order valence-electron chi connectivity index (χ1n) is 9.84. The van der Waals surface area contributed by atoms with Gasteiger partial charge in [0.2, 0.25) is 5.91 Å². The van der Waals surface area contributed by atoms with E-state index in [9.17, 15) is 4.79 Å². The van der Waals surface area contributed by atoms with Crippen molar-refractivity contribution in [3.63, 3.8) is 0 Å². The Morgan fingerprint density at radius 1 is 1.17 bits per heavy atom. The first-order chi connectivity index (χ1) is 14.5. The molecule has 158 valence electrons. The van der Waals surface area contributed by atoms with Gasteiger partial charge in [-0.15, -0.1) is 0 Å². The van der Waals surface area contributed by atoms with Gasteiger partial charge < -0.3 is 24.5 Å². The highest BCUT2D eigenvalue weighted by Crippen LogP contribution is 2.16. The lowest BCUT2D eigenvalue weighted by Crippen LogP contribution is -2.40. The zero-order chi connectivity index (χ0) is 21.3. The van der Waals surface area contributed by atoms with Crippen LogP contribution in [-0.4, -0.2) is 65.9 Å². The maximum Gasteiger partial charge on any atom is 0.243 e. The number of nitrogens with zero attached hydrogens (tertiary/aromatic N) is 4. The summed E-state index contributed by atoms with van der Waals surface area (Å²) in [5.74, 6) is 2.29. The summed E-state index contributed by atoms with van der Waals surface area (Å²) in [5.41, 5.74) is 2.05. The van der Waals surface area contributed by atoms with E-state index in [0.29, 0.717) is 19.0 Å². The van der Waals surface area contributed by atoms with Crippen molar-refractivity contribution in [3.8, 4) is 11.3 Å². The predicted molar refractivity (Wildman–Crippen MR) is 117 cm³/mol. The second kappa shape index (κ2) is 10.3. The first-order valence-corrected chi connectivity index (χ1v) is 9.84. The summed E-state index contributed by atoms with van der Waals surface area (Å²) in [5, 5.41) is 3.31. The van der Waals surface area contributed by atoms with E-state index >= 15 is 0 Å². The van der Waals surface area contributed by atoms with E-state index in [1.54, 1.807) is 20.4 Å². The number of likely N-dealkylation sites (N-methyl/N-ethyl adjacent to an activating group) is 1. The standard InChI is InChI=1S/C22H28N6O2/c1-27(2)21(29)15-25-22(23-12-11-18-10-7-13-30-18)28(3)16-20-24-14-19(26-20)17-8-5-4-6-9-17/h4-10,13-14H,11-12,15-16H2,1-3H3,(H,23,25)(H,24,26). The minimum atomic E-state index is -0.0573. The molecule has 0 saturated carbocycles. The van der Waals surface area contributed by atoms with Crippen LogP contribution in [0.15, 0.2) is 64.3 Å². The minimum absolute atomic E-state index is 0.0573. The molecule has 0 saturated heterocycles. The van der Waals surface area contributed by atoms with Crippen molar-refractivity contribution >= 4 is 11.9 Å². The number of nitrogens with one attached hydrogen (secondary N) is 2. The molecular formula is C22H28N6O2. The summed E-state index contributed by atoms with van der Waals surface area (Å²) in [6, 6.07) is 13.9. The Bertz CT molecular complexity index is 947. The number of furan rings is 1. The number of aromatic nitrogens is 2. The third-order valence-corrected chi connectivity index (χ3v) is 4.56. The van der Waals surface area contributed by atoms with E-state index < -0.39 is 0 Å². The zero-order valence-corrected chi connectivity index (χ0v) is 17.6. The second-order valence-corrected chi connectivity index (χ2v) is 7.15. The van der Waals surface area contributed by atoms with E-state index in [4.69, 9.17) is 4.42 Å². The van der Waals surface area contributed by atoms with Gasteiger partial charge in [0.25, 0.3) is 0 Å². The zero-order valence-electron chi connectivity index (χ0n) is 17.6. The smallest absolute Gasteiger partial charge is 0.243 e. The van der Waals surface area contributed by atoms with Gasteiger partial charge in [-0.3, -0.25) is 4.79 Å². The van der Waals surface area contributed by atoms with Crippen LogP contribution < -0.4 is 5.32 Å². The molecule has 0 fully saturated rings. The van der Waals surface area contributed by atoms with Gasteiger partial charge >= 0.3 is 0 Å². The van der Waals surface area contributed by atoms with Gasteiger partial charge in [-0.05, 0) is 17.7 Å². The largest absolute Gasteiger partial charge is 0.469 e. The molecule has 0 radical (unpaired) electrons. The molecule has 2 aromatic heterocycles. The van der Waals surface area contributed by atoms with Crippen LogP contribution in [0.1, 0.15) is 11.6 Å². The Hall–Kier alpha value is -3.55. The lowest BCUT2D eigenvalue weighted by molar-refractivity contribution is -0.127. The Morgan fingerprint density at radius 2 is 1.97 bits per heavy atom. The molecule has 2 N–H and O–H groups in total. The summed E-state index contributed by atoms with van der Waals surface area (Å²) in [6.45, 7) is 1.24. The number of benzene rings is 1. The van der Waals surface area contributed by atoms with Crippen LogP contribution in [0.2, 0.25) is 0 Å². The van der Waals surface area contributed by atoms with Gasteiger partial charge in [-0.25, -0.2) is 9.98 Å². The van der Waals surface area contributed by atoms with Crippen LogP contribution >= 0.6 is 0 Å². The van der Waals surface area contributed by atoms with Crippen molar-refractivity contribution in [1.29, 1.82) is 0 Å². The lowest BCUT2D eigenvalue weighted by Gasteiger charge is -2.21. The fourth-order valence-electron chi connectivity index (χ4n) is 2.85. The van der Waals surface area contributed by atoms with Crippen molar-refractivity contribution in [1.82, 2.24) is 25.1 Å². The molecule has 30 heavy (non-hydrogen) atoms. The summed E-state index contributed by atoms with van der Waals surface area (Å²) >= 11 is 0. The molecule has 0 spiro atoms. The van der Waals surface area contributed by atoms with Crippen LogP contribution in [0.25, 0.3) is 11.3 Å². The molecule has 0 aliphatic heterocycles. The highest BCUT2D eigenvalue weighted by Gasteiger charge is 2.12. The van der Waals surface area contributed by atoms with Crippen molar-refractivity contribution < 1.29 is 9.21 Å². The van der Waals surface area contributed by atoms with E-state index in [1.807, 2.05) is 60.6 Å². The Labute approximate surface area is 176 Å². The maximum absolute atomic E-state index is 12.0. The van der Waals surface area contributed by atoms with E-state index in [1.165, 1.54) is 4.90 Å². The number of H-pyrrole nitrogens is 1. The third kappa shape index (κ3) is 5.97. The van der Waals surface area contributed by atoms with Crippen LogP contribution in [0, 0.1) is 0 Å². The number of hydrogen-bond acceptors (Lipinski definition) is 4. The third-order valence-electron chi connectivity index (χ3n) is 4.56. The molecule has 3 rings (SSSR count). The summed E-state index contributed by atoms with van der Waals surface area (Å²) < 4.78 is 5.38. The molecule has 1 aromatic carbocycles. The number of aliphatic imine (C=N–C) groups is 1. The molecular weight excluding hydrogens is 380 g/mol. The number of carbonyl (C=O) groups excluding carboxylic acids is 1. The van der Waals surface area contributed by atoms with Crippen LogP contribution in [0.4, 0.5) is 0 Å². The molecule has 0 atom stereocenters. The number of rotatable bonds is 8. The average Bonchev–Trinajstić information content (AvgIpc) is 3.43. The van der Waals surface area contributed by atoms with E-state index in [-0.39, 0.29) is 12.5 Å². The van der Waals surface area contributed by atoms with Gasteiger partial charge in [-0.1, -0.05) is 30.3 Å². The van der Waals surface area contributed by atoms with Gasteiger partial charge in [0.05, 0.1) is 24.7 Å². The molecule has 2 heterocycles. The average molecular weight is 409 g/mol. The molecule has 0 bridgehead atoms. The van der Waals surface area contributed by atoms with Crippen LogP contribution in [0.3, 0.4) is 0 Å². The second-order valence-electron chi connectivity index (χ2n) is 7.15. The highest BCUT2D eigenvalue weighted by molar-refractivity contribution is 5.84. The van der Waals surface area contributed by atoms with Crippen molar-refractivity contribution in [3.05, 3.63) is 66.5 Å². The SMILES string of the molecule is CN(C)C(=O)CN=C(NCCc1ccco1)N(C)Cc1ncc(-c2ccccc2)[nH]1. The number of amides is 1. The molecule has 8 nitrogen and oxygen atoms in total. The predicted octanol–water partition coefficient (Wildman–Crippen LogP) is 2.38. The lowest BCUT2D eigenvalue weighted by atomic mass is 10.2. The minimum Gasteiger partial charge on any atom is -0.469 e. The van der Waals surface area contributed by atoms with Crippen LogP contribution in [0.5, 0.6) is 0 Å². The topological polar surface area (TPSA) is 89.8 Å². The molecule has 8 heteroatoms. The number of aromatic amines is 1. The van der Waals surface area contributed by atoms with Gasteiger partial charge in [0.15, 0.2) is 5.96 Å². The highest BCUT2D eigenvalue weighted by atomic mass is 16.3. The Kier molecular flexibility index (Phi) is 7.26. The number of guanidine groups is 1. The maximum atomic E-state index is 12.0. The molecule has 0 aliphatic rings. The molecule has 1 amide bonds. The van der Waals surface area contributed by atoms with Gasteiger partial charge in [0, 0.05) is 34.1 Å². The normalized spacial score (nSPS) is 11.4.